The molecule has 2 aromatic rings. The van der Waals surface area contributed by atoms with Crippen molar-refractivity contribution in [3.8, 4) is 0 Å². The standard InChI is InChI=1S/C18H24N2O/c19-17(15-7-3-1-4-8-15)11-13-20-18(12-14-21)16-9-5-2-6-10-16/h1-10,17-18,20-21H,11-14,19H2/t17-,18-/m0/s1. The van der Waals surface area contributed by atoms with E-state index in [9.17, 15) is 5.11 Å². The van der Waals surface area contributed by atoms with E-state index in [0.29, 0.717) is 6.42 Å². The summed E-state index contributed by atoms with van der Waals surface area (Å²) in [6.45, 7) is 1.01. The Hall–Kier alpha value is -1.68. The topological polar surface area (TPSA) is 58.3 Å². The molecule has 0 saturated heterocycles. The summed E-state index contributed by atoms with van der Waals surface area (Å²) >= 11 is 0. The summed E-state index contributed by atoms with van der Waals surface area (Å²) < 4.78 is 0. The third-order valence-corrected chi connectivity index (χ3v) is 3.69. The molecule has 21 heavy (non-hydrogen) atoms. The minimum absolute atomic E-state index is 0.0456. The second-order valence-corrected chi connectivity index (χ2v) is 5.24. The average molecular weight is 284 g/mol. The molecule has 0 bridgehead atoms. The molecular weight excluding hydrogens is 260 g/mol. The monoisotopic (exact) mass is 284 g/mol. The molecule has 0 spiro atoms. The lowest BCUT2D eigenvalue weighted by molar-refractivity contribution is 0.265. The van der Waals surface area contributed by atoms with Gasteiger partial charge in [-0.25, -0.2) is 0 Å². The van der Waals surface area contributed by atoms with E-state index in [1.165, 1.54) is 5.56 Å². The highest BCUT2D eigenvalue weighted by molar-refractivity contribution is 5.20. The predicted octanol–water partition coefficient (Wildman–Crippen LogP) is 2.79. The third-order valence-electron chi connectivity index (χ3n) is 3.69. The molecule has 0 amide bonds. The van der Waals surface area contributed by atoms with E-state index >= 15 is 0 Å². The number of hydrogen-bond acceptors (Lipinski definition) is 3. The number of hydrogen-bond donors (Lipinski definition) is 3. The highest BCUT2D eigenvalue weighted by atomic mass is 16.3. The zero-order chi connectivity index (χ0) is 14.9. The average Bonchev–Trinajstić information content (AvgIpc) is 2.55. The SMILES string of the molecule is N[C@@H](CCN[C@@H](CCO)c1ccccc1)c1ccccc1. The first kappa shape index (κ1) is 15.7. The number of nitrogens with two attached hydrogens (primary N) is 1. The van der Waals surface area contributed by atoms with Crippen LogP contribution >= 0.6 is 0 Å². The summed E-state index contributed by atoms with van der Waals surface area (Å²) in [5.74, 6) is 0. The molecule has 3 heteroatoms. The third kappa shape index (κ3) is 4.97. The van der Waals surface area contributed by atoms with Crippen molar-refractivity contribution in [3.05, 3.63) is 71.8 Å². The number of aliphatic hydroxyl groups is 1. The molecule has 2 atom stereocenters. The van der Waals surface area contributed by atoms with E-state index in [1.54, 1.807) is 0 Å². The van der Waals surface area contributed by atoms with Crippen molar-refractivity contribution in [1.29, 1.82) is 0 Å². The molecule has 3 nitrogen and oxygen atoms in total. The quantitative estimate of drug-likeness (QED) is 0.698. The van der Waals surface area contributed by atoms with Crippen molar-refractivity contribution in [1.82, 2.24) is 5.32 Å². The van der Waals surface area contributed by atoms with Crippen LogP contribution in [0.25, 0.3) is 0 Å². The fraction of sp³-hybridized carbons (Fsp3) is 0.333. The van der Waals surface area contributed by atoms with Gasteiger partial charge in [0.15, 0.2) is 0 Å². The Morgan fingerprint density at radius 3 is 2.00 bits per heavy atom. The van der Waals surface area contributed by atoms with Crippen molar-refractivity contribution in [3.63, 3.8) is 0 Å². The van der Waals surface area contributed by atoms with Crippen LogP contribution in [-0.2, 0) is 0 Å². The maximum atomic E-state index is 9.22. The van der Waals surface area contributed by atoms with E-state index in [-0.39, 0.29) is 18.7 Å². The second kappa shape index (κ2) is 8.57. The van der Waals surface area contributed by atoms with Gasteiger partial charge in [-0.15, -0.1) is 0 Å². The van der Waals surface area contributed by atoms with Gasteiger partial charge in [0, 0.05) is 18.7 Å². The van der Waals surface area contributed by atoms with Crippen molar-refractivity contribution in [2.75, 3.05) is 13.2 Å². The van der Waals surface area contributed by atoms with Gasteiger partial charge < -0.3 is 16.2 Å². The van der Waals surface area contributed by atoms with Crippen molar-refractivity contribution in [2.24, 2.45) is 5.73 Å². The number of benzene rings is 2. The summed E-state index contributed by atoms with van der Waals surface area (Å²) in [5.41, 5.74) is 8.58. The first-order chi connectivity index (χ1) is 10.3. The second-order valence-electron chi connectivity index (χ2n) is 5.24. The molecule has 2 rings (SSSR count). The van der Waals surface area contributed by atoms with Crippen LogP contribution in [0.1, 0.15) is 36.1 Å². The fourth-order valence-electron chi connectivity index (χ4n) is 2.48. The maximum Gasteiger partial charge on any atom is 0.0449 e. The van der Waals surface area contributed by atoms with Gasteiger partial charge in [0.2, 0.25) is 0 Å². The number of aliphatic hydroxyl groups excluding tert-OH is 1. The van der Waals surface area contributed by atoms with Crippen LogP contribution in [0.15, 0.2) is 60.7 Å². The summed E-state index contributed by atoms with van der Waals surface area (Å²) in [4.78, 5) is 0. The van der Waals surface area contributed by atoms with Crippen molar-refractivity contribution in [2.45, 2.75) is 24.9 Å². The van der Waals surface area contributed by atoms with Gasteiger partial charge in [0.25, 0.3) is 0 Å². The first-order valence-corrected chi connectivity index (χ1v) is 7.51. The summed E-state index contributed by atoms with van der Waals surface area (Å²) in [7, 11) is 0. The van der Waals surface area contributed by atoms with E-state index in [0.717, 1.165) is 18.5 Å². The normalized spacial score (nSPS) is 13.8. The molecule has 0 saturated carbocycles. The first-order valence-electron chi connectivity index (χ1n) is 7.51. The van der Waals surface area contributed by atoms with Crippen LogP contribution in [0.5, 0.6) is 0 Å². The lowest BCUT2D eigenvalue weighted by Crippen LogP contribution is -2.26. The van der Waals surface area contributed by atoms with Gasteiger partial charge in [0.05, 0.1) is 0 Å². The van der Waals surface area contributed by atoms with Crippen LogP contribution in [-0.4, -0.2) is 18.3 Å². The molecule has 0 aliphatic rings. The van der Waals surface area contributed by atoms with Gasteiger partial charge in [-0.1, -0.05) is 60.7 Å². The molecule has 0 fully saturated rings. The molecule has 0 radical (unpaired) electrons. The van der Waals surface area contributed by atoms with Crippen LogP contribution in [0, 0.1) is 0 Å². The van der Waals surface area contributed by atoms with Gasteiger partial charge in [-0.05, 0) is 30.5 Å². The van der Waals surface area contributed by atoms with E-state index < -0.39 is 0 Å². The lowest BCUT2D eigenvalue weighted by Gasteiger charge is -2.20. The largest absolute Gasteiger partial charge is 0.396 e. The van der Waals surface area contributed by atoms with Crippen LogP contribution in [0.3, 0.4) is 0 Å². The Morgan fingerprint density at radius 1 is 0.857 bits per heavy atom. The Kier molecular flexibility index (Phi) is 6.41. The van der Waals surface area contributed by atoms with Gasteiger partial charge in [-0.2, -0.15) is 0 Å². The van der Waals surface area contributed by atoms with Gasteiger partial charge in [-0.3, -0.25) is 0 Å². The Balaban J connectivity index is 1.85. The van der Waals surface area contributed by atoms with Crippen LogP contribution < -0.4 is 11.1 Å². The summed E-state index contributed by atoms with van der Waals surface area (Å²) in [6.07, 6.45) is 1.59. The molecule has 112 valence electrons. The zero-order valence-corrected chi connectivity index (χ0v) is 12.3. The lowest BCUT2D eigenvalue weighted by atomic mass is 10.0. The molecule has 0 unspecified atom stereocenters. The van der Waals surface area contributed by atoms with Gasteiger partial charge >= 0.3 is 0 Å². The Labute approximate surface area is 126 Å². The molecule has 4 N–H and O–H groups in total. The molecule has 0 aliphatic heterocycles. The van der Waals surface area contributed by atoms with Crippen LogP contribution in [0.4, 0.5) is 0 Å². The minimum Gasteiger partial charge on any atom is -0.396 e. The van der Waals surface area contributed by atoms with Crippen molar-refractivity contribution < 1.29 is 5.11 Å². The highest BCUT2D eigenvalue weighted by Gasteiger charge is 2.11. The highest BCUT2D eigenvalue weighted by Crippen LogP contribution is 2.17. The van der Waals surface area contributed by atoms with Crippen LogP contribution in [0.2, 0.25) is 0 Å². The summed E-state index contributed by atoms with van der Waals surface area (Å²) in [6, 6.07) is 20.6. The molecule has 0 heterocycles. The minimum atomic E-state index is 0.0456. The zero-order valence-electron chi connectivity index (χ0n) is 12.3. The summed E-state index contributed by atoms with van der Waals surface area (Å²) in [5, 5.41) is 12.7. The fourth-order valence-corrected chi connectivity index (χ4v) is 2.48. The Bertz CT molecular complexity index is 501. The van der Waals surface area contributed by atoms with Gasteiger partial charge in [0.1, 0.15) is 0 Å². The smallest absolute Gasteiger partial charge is 0.0449 e. The molecule has 2 aromatic carbocycles. The number of rotatable bonds is 8. The Morgan fingerprint density at radius 2 is 1.43 bits per heavy atom. The molecule has 0 aliphatic carbocycles. The number of nitrogens with one attached hydrogen (secondary N) is 1. The predicted molar refractivity (Wildman–Crippen MR) is 86.9 cm³/mol. The van der Waals surface area contributed by atoms with E-state index in [1.807, 2.05) is 36.4 Å². The van der Waals surface area contributed by atoms with E-state index in [2.05, 4.69) is 29.6 Å². The maximum absolute atomic E-state index is 9.22. The van der Waals surface area contributed by atoms with Crippen molar-refractivity contribution >= 4 is 0 Å². The molecular formula is C18H24N2O. The van der Waals surface area contributed by atoms with E-state index in [4.69, 9.17) is 5.73 Å². The molecule has 0 aromatic heterocycles.